The van der Waals surface area contributed by atoms with Crippen LogP contribution in [-0.2, 0) is 18.3 Å². The third kappa shape index (κ3) is 3.03. The Balaban J connectivity index is 1.48. The van der Waals surface area contributed by atoms with E-state index in [0.717, 1.165) is 18.4 Å². The molecule has 0 bridgehead atoms. The van der Waals surface area contributed by atoms with Crippen molar-refractivity contribution in [2.75, 3.05) is 0 Å². The maximum Gasteiger partial charge on any atom is 0.251 e. The Labute approximate surface area is 154 Å². The zero-order chi connectivity index (χ0) is 18.5. The summed E-state index contributed by atoms with van der Waals surface area (Å²) in [7, 11) is 0. The van der Waals surface area contributed by atoms with Crippen LogP contribution >= 0.6 is 0 Å². The van der Waals surface area contributed by atoms with Gasteiger partial charge in [-0.1, -0.05) is 44.5 Å². The van der Waals surface area contributed by atoms with Crippen LogP contribution < -0.4 is 5.32 Å². The highest BCUT2D eigenvalue weighted by Crippen LogP contribution is 2.31. The van der Waals surface area contributed by atoms with Gasteiger partial charge in [-0.25, -0.2) is 0 Å². The third-order valence-electron chi connectivity index (χ3n) is 5.40. The van der Waals surface area contributed by atoms with Crippen molar-refractivity contribution >= 4 is 16.8 Å². The highest BCUT2D eigenvalue weighted by atomic mass is 16.1. The monoisotopic (exact) mass is 346 g/mol. The fourth-order valence-electron chi connectivity index (χ4n) is 3.88. The molecule has 1 amide bonds. The second-order valence-electron chi connectivity index (χ2n) is 8.54. The van der Waals surface area contributed by atoms with Gasteiger partial charge in [0.2, 0.25) is 0 Å². The number of aromatic amines is 1. The number of aryl methyl sites for hydroxylation is 1. The van der Waals surface area contributed by atoms with Crippen molar-refractivity contribution in [1.82, 2.24) is 10.3 Å². The maximum atomic E-state index is 12.6. The van der Waals surface area contributed by atoms with E-state index < -0.39 is 0 Å². The van der Waals surface area contributed by atoms with E-state index in [1.165, 1.54) is 33.3 Å². The lowest BCUT2D eigenvalue weighted by atomic mass is 9.86. The minimum atomic E-state index is 0.0149. The second-order valence-corrected chi connectivity index (χ2v) is 8.54. The summed E-state index contributed by atoms with van der Waals surface area (Å²) >= 11 is 0. The number of carbonyl (C=O) groups excluding carboxylic acids is 1. The summed E-state index contributed by atoms with van der Waals surface area (Å²) < 4.78 is 0. The largest absolute Gasteiger partial charge is 0.358 e. The molecular formula is C23H26N2O. The molecule has 0 fully saturated rings. The Bertz CT molecular complexity index is 974. The number of H-pyrrole nitrogens is 1. The predicted octanol–water partition coefficient (Wildman–Crippen LogP) is 4.67. The molecular weight excluding hydrogens is 320 g/mol. The number of hydrogen-bond donors (Lipinski definition) is 2. The highest BCUT2D eigenvalue weighted by molar-refractivity contribution is 5.94. The van der Waals surface area contributed by atoms with E-state index in [4.69, 9.17) is 0 Å². The molecule has 134 valence electrons. The van der Waals surface area contributed by atoms with Crippen LogP contribution in [0.25, 0.3) is 10.9 Å². The molecule has 0 saturated heterocycles. The van der Waals surface area contributed by atoms with Crippen LogP contribution in [0.1, 0.15) is 53.5 Å². The van der Waals surface area contributed by atoms with Crippen molar-refractivity contribution in [1.29, 1.82) is 0 Å². The first kappa shape index (κ1) is 16.9. The van der Waals surface area contributed by atoms with Crippen LogP contribution in [0.3, 0.4) is 0 Å². The molecule has 0 radical (unpaired) electrons. The van der Waals surface area contributed by atoms with Gasteiger partial charge in [0.15, 0.2) is 0 Å². The lowest BCUT2D eigenvalue weighted by Crippen LogP contribution is -2.35. The molecule has 3 aromatic rings. The molecule has 2 N–H and O–H groups in total. The average Bonchev–Trinajstić information content (AvgIpc) is 3.11. The number of rotatable bonds is 2. The molecule has 3 heteroatoms. The van der Waals surface area contributed by atoms with E-state index in [0.29, 0.717) is 0 Å². The van der Waals surface area contributed by atoms with Gasteiger partial charge < -0.3 is 10.3 Å². The smallest absolute Gasteiger partial charge is 0.251 e. The summed E-state index contributed by atoms with van der Waals surface area (Å²) in [6.45, 7) is 8.66. The second kappa shape index (κ2) is 6.01. The summed E-state index contributed by atoms with van der Waals surface area (Å²) in [5.41, 5.74) is 7.16. The Morgan fingerprint density at radius 2 is 1.81 bits per heavy atom. The maximum absolute atomic E-state index is 12.6. The molecule has 1 heterocycles. The fraction of sp³-hybridized carbons (Fsp3) is 0.348. The number of carbonyl (C=O) groups is 1. The minimum Gasteiger partial charge on any atom is -0.358 e. The molecule has 26 heavy (non-hydrogen) atoms. The van der Waals surface area contributed by atoms with E-state index in [-0.39, 0.29) is 17.4 Å². The van der Waals surface area contributed by atoms with Crippen molar-refractivity contribution in [2.45, 2.75) is 52.0 Å². The van der Waals surface area contributed by atoms with Crippen LogP contribution in [0, 0.1) is 6.92 Å². The number of nitrogens with one attached hydrogen (secondary N) is 2. The molecule has 0 aliphatic heterocycles. The van der Waals surface area contributed by atoms with Gasteiger partial charge in [0.1, 0.15) is 0 Å². The van der Waals surface area contributed by atoms with E-state index in [1.807, 2.05) is 12.1 Å². The molecule has 1 aliphatic rings. The Morgan fingerprint density at radius 1 is 1.08 bits per heavy atom. The molecule has 0 saturated carbocycles. The first-order valence-corrected chi connectivity index (χ1v) is 9.33. The molecule has 0 spiro atoms. The van der Waals surface area contributed by atoms with Gasteiger partial charge in [0.05, 0.1) is 0 Å². The van der Waals surface area contributed by atoms with Gasteiger partial charge >= 0.3 is 0 Å². The lowest BCUT2D eigenvalue weighted by molar-refractivity contribution is 0.0938. The fourth-order valence-corrected chi connectivity index (χ4v) is 3.88. The summed E-state index contributed by atoms with van der Waals surface area (Å²) in [5, 5.41) is 4.50. The lowest BCUT2D eigenvalue weighted by Gasteiger charge is -2.19. The van der Waals surface area contributed by atoms with Gasteiger partial charge in [-0.05, 0) is 54.2 Å². The van der Waals surface area contributed by atoms with Gasteiger partial charge in [0, 0.05) is 34.6 Å². The molecule has 1 aromatic heterocycles. The topological polar surface area (TPSA) is 44.9 Å². The van der Waals surface area contributed by atoms with Gasteiger partial charge in [-0.15, -0.1) is 0 Å². The predicted molar refractivity (Wildman–Crippen MR) is 107 cm³/mol. The van der Waals surface area contributed by atoms with Crippen molar-refractivity contribution in [3.05, 3.63) is 70.4 Å². The number of amides is 1. The summed E-state index contributed by atoms with van der Waals surface area (Å²) in [4.78, 5) is 16.1. The third-order valence-corrected chi connectivity index (χ3v) is 5.40. The van der Waals surface area contributed by atoms with E-state index in [1.54, 1.807) is 0 Å². The molecule has 4 rings (SSSR count). The Kier molecular flexibility index (Phi) is 3.91. The number of aromatic nitrogens is 1. The van der Waals surface area contributed by atoms with Gasteiger partial charge in [-0.2, -0.15) is 0 Å². The van der Waals surface area contributed by atoms with E-state index in [9.17, 15) is 4.79 Å². The van der Waals surface area contributed by atoms with E-state index in [2.05, 4.69) is 68.3 Å². The summed E-state index contributed by atoms with van der Waals surface area (Å²) in [5.74, 6) is 0.0149. The molecule has 2 aromatic carbocycles. The number of benzene rings is 2. The quantitative estimate of drug-likeness (QED) is 0.696. The van der Waals surface area contributed by atoms with E-state index >= 15 is 0 Å². The van der Waals surface area contributed by atoms with Crippen LogP contribution in [0.5, 0.6) is 0 Å². The first-order valence-electron chi connectivity index (χ1n) is 9.33. The van der Waals surface area contributed by atoms with Crippen molar-refractivity contribution in [3.63, 3.8) is 0 Å². The minimum absolute atomic E-state index is 0.0149. The summed E-state index contributed by atoms with van der Waals surface area (Å²) in [6, 6.07) is 14.7. The summed E-state index contributed by atoms with van der Waals surface area (Å²) in [6.07, 6.45) is 1.76. The van der Waals surface area contributed by atoms with Gasteiger partial charge in [0.25, 0.3) is 5.91 Å². The number of fused-ring (bicyclic) bond motifs is 3. The average molecular weight is 346 g/mol. The molecule has 1 unspecified atom stereocenters. The molecule has 3 nitrogen and oxygen atoms in total. The number of hydrogen-bond acceptors (Lipinski definition) is 1. The normalized spacial score (nSPS) is 16.7. The zero-order valence-corrected chi connectivity index (χ0v) is 15.9. The zero-order valence-electron chi connectivity index (χ0n) is 15.9. The van der Waals surface area contributed by atoms with Crippen LogP contribution in [0.15, 0.2) is 42.5 Å². The standard InChI is InChI=1S/C23H26N2O/c1-14-5-10-20-18(11-14)19-12-17(13-21(19)25-20)24-22(26)15-6-8-16(9-7-15)23(2,3)4/h5-11,17,25H,12-13H2,1-4H3,(H,24,26). The van der Waals surface area contributed by atoms with Crippen molar-refractivity contribution in [3.8, 4) is 0 Å². The van der Waals surface area contributed by atoms with Crippen LogP contribution in [0.2, 0.25) is 0 Å². The SMILES string of the molecule is Cc1ccc2[nH]c3c(c2c1)CC(NC(=O)c1ccc(C(C)(C)C)cc1)C3. The van der Waals surface area contributed by atoms with Crippen molar-refractivity contribution < 1.29 is 4.79 Å². The Morgan fingerprint density at radius 3 is 2.50 bits per heavy atom. The Hall–Kier alpha value is -2.55. The van der Waals surface area contributed by atoms with Crippen LogP contribution in [0.4, 0.5) is 0 Å². The molecule has 1 atom stereocenters. The van der Waals surface area contributed by atoms with Crippen LogP contribution in [-0.4, -0.2) is 16.9 Å². The molecule has 1 aliphatic carbocycles. The highest BCUT2D eigenvalue weighted by Gasteiger charge is 2.27. The first-order chi connectivity index (χ1) is 12.3. The van der Waals surface area contributed by atoms with Crippen molar-refractivity contribution in [2.24, 2.45) is 0 Å². The van der Waals surface area contributed by atoms with Gasteiger partial charge in [-0.3, -0.25) is 4.79 Å².